The molecule has 5 nitrogen and oxygen atoms in total. The minimum atomic E-state index is -0.236. The molecule has 0 aliphatic carbocycles. The molecule has 0 unspecified atom stereocenters. The summed E-state index contributed by atoms with van der Waals surface area (Å²) < 4.78 is 15.1. The Balaban J connectivity index is 1.62. The zero-order chi connectivity index (χ0) is 17.5. The van der Waals surface area contributed by atoms with Crippen LogP contribution in [0.15, 0.2) is 66.7 Å². The van der Waals surface area contributed by atoms with Crippen LogP contribution in [0, 0.1) is 5.82 Å². The largest absolute Gasteiger partial charge is 0.346 e. The van der Waals surface area contributed by atoms with Crippen molar-refractivity contribution < 1.29 is 4.39 Å². The van der Waals surface area contributed by atoms with E-state index in [4.69, 9.17) is 0 Å². The van der Waals surface area contributed by atoms with Gasteiger partial charge in [0.15, 0.2) is 0 Å². The number of aromatic nitrogens is 4. The first-order chi connectivity index (χ1) is 12.8. The summed E-state index contributed by atoms with van der Waals surface area (Å²) in [5.41, 5.74) is 2.20. The Morgan fingerprint density at radius 1 is 0.962 bits per heavy atom. The van der Waals surface area contributed by atoms with Crippen LogP contribution in [0.25, 0.3) is 10.8 Å². The molecule has 0 amide bonds. The van der Waals surface area contributed by atoms with Crippen LogP contribution in [0.1, 0.15) is 29.6 Å². The summed E-state index contributed by atoms with van der Waals surface area (Å²) in [5, 5.41) is 17.9. The normalized spacial score (nSPS) is 19.1. The van der Waals surface area contributed by atoms with E-state index in [-0.39, 0.29) is 17.9 Å². The summed E-state index contributed by atoms with van der Waals surface area (Å²) in [7, 11) is 0. The molecule has 1 aliphatic heterocycles. The highest BCUT2D eigenvalue weighted by Gasteiger charge is 2.31. The molecule has 1 N–H and O–H groups in total. The SMILES string of the molecule is Fc1ccc([C@@H]2C[C@H](c3cccc4ccccc34)n3nnnc3N2)cc1. The molecule has 6 heteroatoms. The van der Waals surface area contributed by atoms with E-state index >= 15 is 0 Å². The van der Waals surface area contributed by atoms with Crippen LogP contribution in [-0.2, 0) is 0 Å². The van der Waals surface area contributed by atoms with Gasteiger partial charge in [-0.15, -0.1) is 0 Å². The van der Waals surface area contributed by atoms with Gasteiger partial charge in [-0.25, -0.2) is 9.07 Å². The third kappa shape index (κ3) is 2.42. The van der Waals surface area contributed by atoms with Crippen LogP contribution < -0.4 is 5.32 Å². The summed E-state index contributed by atoms with van der Waals surface area (Å²) in [6, 6.07) is 21.2. The molecule has 1 aliphatic rings. The summed E-state index contributed by atoms with van der Waals surface area (Å²) in [6.45, 7) is 0. The van der Waals surface area contributed by atoms with Crippen molar-refractivity contribution in [1.29, 1.82) is 0 Å². The second kappa shape index (κ2) is 5.91. The lowest BCUT2D eigenvalue weighted by molar-refractivity contribution is 0.426. The fourth-order valence-corrected chi connectivity index (χ4v) is 3.75. The molecule has 0 fully saturated rings. The molecular formula is C20H16FN5. The maximum atomic E-state index is 13.3. The number of hydrogen-bond acceptors (Lipinski definition) is 4. The van der Waals surface area contributed by atoms with Crippen LogP contribution in [0.2, 0.25) is 0 Å². The summed E-state index contributed by atoms with van der Waals surface area (Å²) >= 11 is 0. The van der Waals surface area contributed by atoms with Crippen molar-refractivity contribution in [1.82, 2.24) is 20.2 Å². The highest BCUT2D eigenvalue weighted by atomic mass is 19.1. The van der Waals surface area contributed by atoms with E-state index in [1.165, 1.54) is 28.5 Å². The summed E-state index contributed by atoms with van der Waals surface area (Å²) in [6.07, 6.45) is 0.775. The van der Waals surface area contributed by atoms with Gasteiger partial charge in [-0.3, -0.25) is 0 Å². The van der Waals surface area contributed by atoms with Gasteiger partial charge in [-0.1, -0.05) is 59.7 Å². The smallest absolute Gasteiger partial charge is 0.243 e. The van der Waals surface area contributed by atoms with Crippen LogP contribution in [0.5, 0.6) is 0 Å². The molecule has 1 aromatic heterocycles. The molecule has 2 heterocycles. The first-order valence-electron chi connectivity index (χ1n) is 8.57. The zero-order valence-electron chi connectivity index (χ0n) is 13.9. The lowest BCUT2D eigenvalue weighted by Gasteiger charge is -2.31. The van der Waals surface area contributed by atoms with Gasteiger partial charge < -0.3 is 5.32 Å². The maximum Gasteiger partial charge on any atom is 0.243 e. The third-order valence-electron chi connectivity index (χ3n) is 5.01. The Morgan fingerprint density at radius 3 is 2.65 bits per heavy atom. The molecular weight excluding hydrogens is 329 g/mol. The summed E-state index contributed by atoms with van der Waals surface area (Å²) in [5.74, 6) is 0.392. The maximum absolute atomic E-state index is 13.3. The molecule has 0 bridgehead atoms. The fraction of sp³-hybridized carbons (Fsp3) is 0.150. The van der Waals surface area contributed by atoms with E-state index in [9.17, 15) is 4.39 Å². The van der Waals surface area contributed by atoms with Crippen molar-refractivity contribution in [2.45, 2.75) is 18.5 Å². The average Bonchev–Trinajstić information content (AvgIpc) is 3.16. The standard InChI is InChI=1S/C20H16FN5/c21-15-10-8-14(9-11-15)18-12-19(26-20(22-18)23-24-25-26)17-7-3-5-13-4-1-2-6-16(13)17/h1-11,18-19H,12H2,(H,22,23,25)/t18-,19+/m0/s1. The zero-order valence-corrected chi connectivity index (χ0v) is 13.9. The van der Waals surface area contributed by atoms with Gasteiger partial charge in [-0.2, -0.15) is 0 Å². The third-order valence-corrected chi connectivity index (χ3v) is 5.01. The molecule has 3 aromatic carbocycles. The number of halogens is 1. The minimum Gasteiger partial charge on any atom is -0.346 e. The van der Waals surface area contributed by atoms with E-state index in [1.807, 2.05) is 28.9 Å². The topological polar surface area (TPSA) is 55.6 Å². The summed E-state index contributed by atoms with van der Waals surface area (Å²) in [4.78, 5) is 0. The molecule has 0 radical (unpaired) electrons. The van der Waals surface area contributed by atoms with E-state index in [1.54, 1.807) is 0 Å². The highest BCUT2D eigenvalue weighted by Crippen LogP contribution is 2.39. The van der Waals surface area contributed by atoms with Gasteiger partial charge in [0.25, 0.3) is 0 Å². The van der Waals surface area contributed by atoms with Gasteiger partial charge in [0.2, 0.25) is 5.95 Å². The number of nitrogens with zero attached hydrogens (tertiary/aromatic N) is 4. The van der Waals surface area contributed by atoms with Crippen molar-refractivity contribution in [2.24, 2.45) is 0 Å². The van der Waals surface area contributed by atoms with Crippen LogP contribution in [-0.4, -0.2) is 20.2 Å². The van der Waals surface area contributed by atoms with Crippen molar-refractivity contribution in [3.05, 3.63) is 83.7 Å². The number of nitrogens with one attached hydrogen (secondary N) is 1. The van der Waals surface area contributed by atoms with Gasteiger partial charge in [0.05, 0.1) is 12.1 Å². The quantitative estimate of drug-likeness (QED) is 0.594. The molecule has 4 aromatic rings. The Kier molecular flexibility index (Phi) is 3.41. The monoisotopic (exact) mass is 345 g/mol. The molecule has 5 rings (SSSR count). The molecule has 2 atom stereocenters. The first kappa shape index (κ1) is 15.0. The number of hydrogen-bond donors (Lipinski definition) is 1. The van der Waals surface area contributed by atoms with E-state index in [0.29, 0.717) is 5.95 Å². The van der Waals surface area contributed by atoms with Crippen LogP contribution in [0.3, 0.4) is 0 Å². The van der Waals surface area contributed by atoms with Gasteiger partial charge in [0, 0.05) is 0 Å². The molecule has 0 spiro atoms. The van der Waals surface area contributed by atoms with Crippen molar-refractivity contribution >= 4 is 16.7 Å². The number of anilines is 1. The molecule has 0 saturated carbocycles. The second-order valence-electron chi connectivity index (χ2n) is 6.52. The number of fused-ring (bicyclic) bond motifs is 2. The minimum absolute atomic E-state index is 0.00223. The van der Waals surface area contributed by atoms with Gasteiger partial charge in [0.1, 0.15) is 5.82 Å². The Morgan fingerprint density at radius 2 is 1.77 bits per heavy atom. The number of rotatable bonds is 2. The van der Waals surface area contributed by atoms with Crippen LogP contribution >= 0.6 is 0 Å². The molecule has 0 saturated heterocycles. The van der Waals surface area contributed by atoms with Crippen LogP contribution in [0.4, 0.5) is 10.3 Å². The van der Waals surface area contributed by atoms with Crippen molar-refractivity contribution in [2.75, 3.05) is 5.32 Å². The predicted molar refractivity (Wildman–Crippen MR) is 97.3 cm³/mol. The number of tetrazole rings is 1. The second-order valence-corrected chi connectivity index (χ2v) is 6.52. The Hall–Kier alpha value is -3.28. The first-order valence-corrected chi connectivity index (χ1v) is 8.57. The fourth-order valence-electron chi connectivity index (χ4n) is 3.75. The van der Waals surface area contributed by atoms with Crippen molar-refractivity contribution in [3.8, 4) is 0 Å². The lowest BCUT2D eigenvalue weighted by atomic mass is 9.90. The molecule has 26 heavy (non-hydrogen) atoms. The Labute approximate surface area is 149 Å². The van der Waals surface area contributed by atoms with Gasteiger partial charge in [-0.05, 0) is 50.9 Å². The Bertz CT molecular complexity index is 1070. The van der Waals surface area contributed by atoms with E-state index in [2.05, 4.69) is 51.2 Å². The predicted octanol–water partition coefficient (Wildman–Crippen LogP) is 4.11. The lowest BCUT2D eigenvalue weighted by Crippen LogP contribution is -2.28. The van der Waals surface area contributed by atoms with E-state index in [0.717, 1.165) is 12.0 Å². The average molecular weight is 345 g/mol. The van der Waals surface area contributed by atoms with E-state index < -0.39 is 0 Å². The number of benzene rings is 3. The van der Waals surface area contributed by atoms with Crippen molar-refractivity contribution in [3.63, 3.8) is 0 Å². The highest BCUT2D eigenvalue weighted by molar-refractivity contribution is 5.86. The van der Waals surface area contributed by atoms with Gasteiger partial charge >= 0.3 is 0 Å². The molecule has 128 valence electrons.